The van der Waals surface area contributed by atoms with Gasteiger partial charge in [0.25, 0.3) is 0 Å². The van der Waals surface area contributed by atoms with Gasteiger partial charge in [0, 0.05) is 12.6 Å². The van der Waals surface area contributed by atoms with Crippen molar-refractivity contribution in [2.75, 3.05) is 17.6 Å². The lowest BCUT2D eigenvalue weighted by Crippen LogP contribution is -2.11. The summed E-state index contributed by atoms with van der Waals surface area (Å²) in [5.74, 6) is 0.647. The Hall–Kier alpha value is -1.32. The number of anilines is 2. The molecule has 0 unspecified atom stereocenters. The zero-order valence-electron chi connectivity index (χ0n) is 7.84. The van der Waals surface area contributed by atoms with Gasteiger partial charge in [-0.1, -0.05) is 13.8 Å². The van der Waals surface area contributed by atoms with Crippen LogP contribution < -0.4 is 11.1 Å². The van der Waals surface area contributed by atoms with Gasteiger partial charge in [0.1, 0.15) is 11.6 Å². The summed E-state index contributed by atoms with van der Waals surface area (Å²) in [5, 5.41) is 3.04. The van der Waals surface area contributed by atoms with Crippen molar-refractivity contribution in [2.24, 2.45) is 5.92 Å². The van der Waals surface area contributed by atoms with Crippen LogP contribution in [0.3, 0.4) is 0 Å². The van der Waals surface area contributed by atoms with Crippen molar-refractivity contribution in [2.45, 2.75) is 13.8 Å². The van der Waals surface area contributed by atoms with Crippen molar-refractivity contribution in [3.05, 3.63) is 18.1 Å². The van der Waals surface area contributed by atoms with E-state index in [2.05, 4.69) is 24.1 Å². The van der Waals surface area contributed by atoms with Crippen LogP contribution in [-0.2, 0) is 0 Å². The lowest BCUT2D eigenvalue weighted by atomic mass is 10.2. The van der Waals surface area contributed by atoms with Crippen LogP contribution in [0.2, 0.25) is 0 Å². The van der Waals surface area contributed by atoms with E-state index in [-0.39, 0.29) is 0 Å². The van der Waals surface area contributed by atoms with E-state index in [1.165, 1.54) is 6.07 Å². The topological polar surface area (TPSA) is 50.9 Å². The molecule has 0 aromatic carbocycles. The molecule has 1 rings (SSSR count). The smallest absolute Gasteiger partial charge is 0.149 e. The van der Waals surface area contributed by atoms with Crippen molar-refractivity contribution in [1.29, 1.82) is 0 Å². The van der Waals surface area contributed by atoms with E-state index >= 15 is 0 Å². The Labute approximate surface area is 77.2 Å². The van der Waals surface area contributed by atoms with Gasteiger partial charge in [-0.2, -0.15) is 0 Å². The molecule has 3 nitrogen and oxygen atoms in total. The molecule has 0 fully saturated rings. The van der Waals surface area contributed by atoms with E-state index in [9.17, 15) is 4.39 Å². The monoisotopic (exact) mass is 183 g/mol. The third kappa shape index (κ3) is 2.89. The Morgan fingerprint density at radius 1 is 1.62 bits per heavy atom. The molecular formula is C9H14FN3. The second-order valence-electron chi connectivity index (χ2n) is 3.37. The average Bonchev–Trinajstić information content (AvgIpc) is 2.02. The maximum absolute atomic E-state index is 12.6. The van der Waals surface area contributed by atoms with E-state index in [4.69, 9.17) is 5.73 Å². The summed E-state index contributed by atoms with van der Waals surface area (Å²) in [7, 11) is 0. The molecule has 1 aromatic heterocycles. The van der Waals surface area contributed by atoms with Crippen LogP contribution in [0.5, 0.6) is 0 Å². The molecule has 4 heteroatoms. The Balaban J connectivity index is 2.67. The molecule has 0 atom stereocenters. The summed E-state index contributed by atoms with van der Waals surface area (Å²) in [4.78, 5) is 3.84. The molecule has 3 N–H and O–H groups in total. The fraction of sp³-hybridized carbons (Fsp3) is 0.444. The van der Waals surface area contributed by atoms with Gasteiger partial charge in [-0.3, -0.25) is 0 Å². The second kappa shape index (κ2) is 4.07. The van der Waals surface area contributed by atoms with Gasteiger partial charge in [-0.05, 0) is 5.92 Å². The largest absolute Gasteiger partial charge is 0.396 e. The molecule has 0 radical (unpaired) electrons. The number of nitrogens with one attached hydrogen (secondary N) is 1. The third-order valence-corrected chi connectivity index (χ3v) is 1.56. The number of halogens is 1. The summed E-state index contributed by atoms with van der Waals surface area (Å²) in [5.41, 5.74) is 5.89. The highest BCUT2D eigenvalue weighted by Gasteiger charge is 2.02. The molecule has 0 amide bonds. The second-order valence-corrected chi connectivity index (χ2v) is 3.37. The highest BCUT2D eigenvalue weighted by molar-refractivity contribution is 5.60. The summed E-state index contributed by atoms with van der Waals surface area (Å²) >= 11 is 0. The molecule has 0 bridgehead atoms. The number of aromatic nitrogens is 1. The standard InChI is InChI=1S/C9H14FN3/c1-6(2)4-12-9-8(11)3-7(10)5-13-9/h3,5-6H,4,11H2,1-2H3,(H,12,13). The highest BCUT2D eigenvalue weighted by atomic mass is 19.1. The maximum atomic E-state index is 12.6. The molecule has 0 aliphatic rings. The first-order chi connectivity index (χ1) is 6.09. The SMILES string of the molecule is CC(C)CNc1ncc(F)cc1N. The zero-order valence-corrected chi connectivity index (χ0v) is 7.84. The van der Waals surface area contributed by atoms with Gasteiger partial charge in [0.05, 0.1) is 11.9 Å². The number of rotatable bonds is 3. The highest BCUT2D eigenvalue weighted by Crippen LogP contribution is 2.15. The van der Waals surface area contributed by atoms with Crippen molar-refractivity contribution in [1.82, 2.24) is 4.98 Å². The van der Waals surface area contributed by atoms with Crippen LogP contribution in [0.4, 0.5) is 15.9 Å². The van der Waals surface area contributed by atoms with E-state index in [1.54, 1.807) is 0 Å². The first-order valence-electron chi connectivity index (χ1n) is 4.24. The van der Waals surface area contributed by atoms with Crippen LogP contribution in [0.25, 0.3) is 0 Å². The zero-order chi connectivity index (χ0) is 9.84. The Bertz CT molecular complexity index is 286. The average molecular weight is 183 g/mol. The van der Waals surface area contributed by atoms with Gasteiger partial charge >= 0.3 is 0 Å². The minimum Gasteiger partial charge on any atom is -0.396 e. The van der Waals surface area contributed by atoms with E-state index < -0.39 is 5.82 Å². The van der Waals surface area contributed by atoms with Crippen LogP contribution >= 0.6 is 0 Å². The number of nitrogens with two attached hydrogens (primary N) is 1. The number of hydrogen-bond acceptors (Lipinski definition) is 3. The molecule has 13 heavy (non-hydrogen) atoms. The fourth-order valence-electron chi connectivity index (χ4n) is 0.903. The van der Waals surface area contributed by atoms with E-state index in [1.807, 2.05) is 0 Å². The van der Waals surface area contributed by atoms with Crippen molar-refractivity contribution in [3.63, 3.8) is 0 Å². The summed E-state index contributed by atoms with van der Waals surface area (Å²) < 4.78 is 12.6. The normalized spacial score (nSPS) is 10.5. The molecule has 0 saturated carbocycles. The van der Waals surface area contributed by atoms with Gasteiger partial charge < -0.3 is 11.1 Å². The molecular weight excluding hydrogens is 169 g/mol. The van der Waals surface area contributed by atoms with Crippen LogP contribution in [0.1, 0.15) is 13.8 Å². The predicted octanol–water partition coefficient (Wildman–Crippen LogP) is 1.87. The van der Waals surface area contributed by atoms with Crippen LogP contribution in [-0.4, -0.2) is 11.5 Å². The molecule has 1 aromatic rings. The maximum Gasteiger partial charge on any atom is 0.149 e. The summed E-state index contributed by atoms with van der Waals surface area (Å²) in [6, 6.07) is 1.26. The molecule has 72 valence electrons. The van der Waals surface area contributed by atoms with Gasteiger partial charge in [0.15, 0.2) is 0 Å². The number of nitrogen functional groups attached to an aromatic ring is 1. The predicted molar refractivity (Wildman–Crippen MR) is 51.9 cm³/mol. The van der Waals surface area contributed by atoms with E-state index in [0.717, 1.165) is 12.7 Å². The van der Waals surface area contributed by atoms with Gasteiger partial charge in [-0.25, -0.2) is 9.37 Å². The molecule has 0 aliphatic heterocycles. The van der Waals surface area contributed by atoms with Gasteiger partial charge in [0.2, 0.25) is 0 Å². The van der Waals surface area contributed by atoms with E-state index in [0.29, 0.717) is 17.4 Å². The Kier molecular flexibility index (Phi) is 3.06. The summed E-state index contributed by atoms with van der Waals surface area (Å²) in [6.07, 6.45) is 1.15. The molecule has 1 heterocycles. The lowest BCUT2D eigenvalue weighted by molar-refractivity contribution is 0.622. The molecule has 0 saturated heterocycles. The third-order valence-electron chi connectivity index (χ3n) is 1.56. The quantitative estimate of drug-likeness (QED) is 0.752. The number of nitrogens with zero attached hydrogens (tertiary/aromatic N) is 1. The molecule has 0 spiro atoms. The minimum atomic E-state index is -0.410. The lowest BCUT2D eigenvalue weighted by Gasteiger charge is -2.09. The first kappa shape index (κ1) is 9.77. The Morgan fingerprint density at radius 3 is 2.85 bits per heavy atom. The first-order valence-corrected chi connectivity index (χ1v) is 4.24. The van der Waals surface area contributed by atoms with Gasteiger partial charge in [-0.15, -0.1) is 0 Å². The van der Waals surface area contributed by atoms with Crippen molar-refractivity contribution in [3.8, 4) is 0 Å². The van der Waals surface area contributed by atoms with Crippen LogP contribution in [0, 0.1) is 11.7 Å². The summed E-state index contributed by atoms with van der Waals surface area (Å²) in [6.45, 7) is 4.93. The number of pyridine rings is 1. The number of hydrogen-bond donors (Lipinski definition) is 2. The fourth-order valence-corrected chi connectivity index (χ4v) is 0.903. The Morgan fingerprint density at radius 2 is 2.31 bits per heavy atom. The minimum absolute atomic E-state index is 0.348. The van der Waals surface area contributed by atoms with Crippen molar-refractivity contribution >= 4 is 11.5 Å². The van der Waals surface area contributed by atoms with Crippen LogP contribution in [0.15, 0.2) is 12.3 Å². The van der Waals surface area contributed by atoms with Crippen molar-refractivity contribution < 1.29 is 4.39 Å². The molecule has 0 aliphatic carbocycles.